The molecule has 0 bridgehead atoms. The van der Waals surface area contributed by atoms with E-state index in [0.29, 0.717) is 6.42 Å². The van der Waals surface area contributed by atoms with E-state index < -0.39 is 27.7 Å². The molecular formula is C12H22O6S. The predicted molar refractivity (Wildman–Crippen MR) is 70.3 cm³/mol. The van der Waals surface area contributed by atoms with Crippen LogP contribution in [0.2, 0.25) is 0 Å². The Bertz CT molecular complexity index is 369. The van der Waals surface area contributed by atoms with Gasteiger partial charge in [0.25, 0.3) is 0 Å². The van der Waals surface area contributed by atoms with Crippen LogP contribution in [0.4, 0.5) is 0 Å². The first-order valence-corrected chi connectivity index (χ1v) is 8.23. The summed E-state index contributed by atoms with van der Waals surface area (Å²) in [5.74, 6) is -2.79. The lowest BCUT2D eigenvalue weighted by Gasteiger charge is -2.14. The third-order valence-corrected chi connectivity index (χ3v) is 4.26. The summed E-state index contributed by atoms with van der Waals surface area (Å²) in [6.45, 7) is 5.26. The maximum atomic E-state index is 11.6. The highest BCUT2D eigenvalue weighted by atomic mass is 32.2. The van der Waals surface area contributed by atoms with E-state index in [1.165, 1.54) is 0 Å². The fourth-order valence-corrected chi connectivity index (χ4v) is 2.95. The normalized spacial score (nSPS) is 11.4. The van der Waals surface area contributed by atoms with Crippen LogP contribution in [0, 0.1) is 5.92 Å². The molecule has 0 fully saturated rings. The van der Waals surface area contributed by atoms with Gasteiger partial charge in [0.1, 0.15) is 9.84 Å². The predicted octanol–water partition coefficient (Wildman–Crippen LogP) is 0.944. The molecule has 0 aromatic carbocycles. The van der Waals surface area contributed by atoms with Crippen LogP contribution in [0.1, 0.15) is 33.6 Å². The SMILES string of the molecule is CCCS(=O)(=O)CCC(C(=O)OCC)C(=O)OCC. The zero-order valence-electron chi connectivity index (χ0n) is 11.7. The van der Waals surface area contributed by atoms with E-state index in [-0.39, 0.29) is 31.1 Å². The maximum absolute atomic E-state index is 11.6. The Hall–Kier alpha value is -1.11. The average molecular weight is 294 g/mol. The highest BCUT2D eigenvalue weighted by molar-refractivity contribution is 7.91. The van der Waals surface area contributed by atoms with Gasteiger partial charge in [0.05, 0.1) is 19.0 Å². The molecule has 0 aromatic heterocycles. The van der Waals surface area contributed by atoms with Gasteiger partial charge in [-0.2, -0.15) is 0 Å². The lowest BCUT2D eigenvalue weighted by Crippen LogP contribution is -2.30. The zero-order chi connectivity index (χ0) is 14.9. The summed E-state index contributed by atoms with van der Waals surface area (Å²) in [4.78, 5) is 23.2. The molecule has 6 nitrogen and oxygen atoms in total. The van der Waals surface area contributed by atoms with Crippen molar-refractivity contribution in [2.24, 2.45) is 5.92 Å². The number of ether oxygens (including phenoxy) is 2. The summed E-state index contributed by atoms with van der Waals surface area (Å²) < 4.78 is 32.7. The van der Waals surface area contributed by atoms with Crippen molar-refractivity contribution in [3.63, 3.8) is 0 Å². The molecule has 0 saturated carbocycles. The molecular weight excluding hydrogens is 272 g/mol. The summed E-state index contributed by atoms with van der Waals surface area (Å²) in [5.41, 5.74) is 0. The second kappa shape index (κ2) is 8.90. The molecule has 0 aromatic rings. The minimum absolute atomic E-state index is 0.0470. The molecule has 112 valence electrons. The molecule has 0 heterocycles. The van der Waals surface area contributed by atoms with E-state index in [1.807, 2.05) is 0 Å². The van der Waals surface area contributed by atoms with Gasteiger partial charge in [-0.3, -0.25) is 9.59 Å². The molecule has 0 rings (SSSR count). The number of hydrogen-bond donors (Lipinski definition) is 0. The van der Waals surface area contributed by atoms with Crippen LogP contribution in [0.5, 0.6) is 0 Å². The van der Waals surface area contributed by atoms with Gasteiger partial charge >= 0.3 is 11.9 Å². The monoisotopic (exact) mass is 294 g/mol. The van der Waals surface area contributed by atoms with Crippen molar-refractivity contribution >= 4 is 21.8 Å². The molecule has 0 unspecified atom stereocenters. The molecule has 0 saturated heterocycles. The lowest BCUT2D eigenvalue weighted by atomic mass is 10.1. The van der Waals surface area contributed by atoms with Gasteiger partial charge in [0.15, 0.2) is 5.92 Å². The number of carbonyl (C=O) groups is 2. The third kappa shape index (κ3) is 7.15. The second-order valence-corrected chi connectivity index (χ2v) is 6.30. The fraction of sp³-hybridized carbons (Fsp3) is 0.833. The first kappa shape index (κ1) is 17.9. The second-order valence-electron chi connectivity index (χ2n) is 4.00. The van der Waals surface area contributed by atoms with Crippen molar-refractivity contribution in [1.82, 2.24) is 0 Å². The highest BCUT2D eigenvalue weighted by Crippen LogP contribution is 2.11. The molecule has 0 aliphatic carbocycles. The zero-order valence-corrected chi connectivity index (χ0v) is 12.5. The topological polar surface area (TPSA) is 86.7 Å². The Morgan fingerprint density at radius 1 is 0.947 bits per heavy atom. The minimum Gasteiger partial charge on any atom is -0.465 e. The van der Waals surface area contributed by atoms with E-state index in [1.54, 1.807) is 20.8 Å². The van der Waals surface area contributed by atoms with Crippen molar-refractivity contribution < 1.29 is 27.5 Å². The van der Waals surface area contributed by atoms with Gasteiger partial charge in [-0.25, -0.2) is 8.42 Å². The molecule has 0 amide bonds. The molecule has 0 spiro atoms. The van der Waals surface area contributed by atoms with Gasteiger partial charge < -0.3 is 9.47 Å². The summed E-state index contributed by atoms with van der Waals surface area (Å²) in [6, 6.07) is 0. The highest BCUT2D eigenvalue weighted by Gasteiger charge is 2.30. The first-order chi connectivity index (χ1) is 8.87. The Morgan fingerprint density at radius 3 is 1.79 bits per heavy atom. The lowest BCUT2D eigenvalue weighted by molar-refractivity contribution is -0.161. The van der Waals surface area contributed by atoms with E-state index >= 15 is 0 Å². The minimum atomic E-state index is -3.24. The molecule has 0 N–H and O–H groups in total. The molecule has 0 radical (unpaired) electrons. The summed E-state index contributed by atoms with van der Waals surface area (Å²) in [6.07, 6.45) is 0.409. The number of rotatable bonds is 9. The van der Waals surface area contributed by atoms with Crippen LogP contribution in [0.25, 0.3) is 0 Å². The van der Waals surface area contributed by atoms with E-state index in [2.05, 4.69) is 0 Å². The van der Waals surface area contributed by atoms with Crippen LogP contribution in [0.3, 0.4) is 0 Å². The molecule has 7 heteroatoms. The molecule has 0 aliphatic rings. The molecule has 0 atom stereocenters. The Labute approximate surface area is 114 Å². The van der Waals surface area contributed by atoms with Gasteiger partial charge in [-0.15, -0.1) is 0 Å². The molecule has 19 heavy (non-hydrogen) atoms. The van der Waals surface area contributed by atoms with Crippen molar-refractivity contribution in [2.45, 2.75) is 33.6 Å². The van der Waals surface area contributed by atoms with Crippen molar-refractivity contribution in [1.29, 1.82) is 0 Å². The quantitative estimate of drug-likeness (QED) is 0.465. The standard InChI is InChI=1S/C12H22O6S/c1-4-8-19(15,16)9-7-10(11(13)17-5-2)12(14)18-6-3/h10H,4-9H2,1-3H3. The van der Waals surface area contributed by atoms with Crippen molar-refractivity contribution in [3.8, 4) is 0 Å². The van der Waals surface area contributed by atoms with Crippen LogP contribution in [-0.2, 0) is 28.9 Å². The van der Waals surface area contributed by atoms with Crippen molar-refractivity contribution in [3.05, 3.63) is 0 Å². The first-order valence-electron chi connectivity index (χ1n) is 6.41. The van der Waals surface area contributed by atoms with Crippen LogP contribution < -0.4 is 0 Å². The van der Waals surface area contributed by atoms with Gasteiger partial charge in [0, 0.05) is 5.75 Å². The summed E-state index contributed by atoms with van der Waals surface area (Å²) >= 11 is 0. The summed E-state index contributed by atoms with van der Waals surface area (Å²) in [5, 5.41) is 0. The smallest absolute Gasteiger partial charge is 0.320 e. The number of sulfone groups is 1. The number of esters is 2. The maximum Gasteiger partial charge on any atom is 0.320 e. The van der Waals surface area contributed by atoms with Gasteiger partial charge in [-0.1, -0.05) is 6.92 Å². The Morgan fingerprint density at radius 2 is 1.42 bits per heavy atom. The largest absolute Gasteiger partial charge is 0.465 e. The van der Waals surface area contributed by atoms with Crippen LogP contribution >= 0.6 is 0 Å². The third-order valence-electron chi connectivity index (χ3n) is 2.37. The Balaban J connectivity index is 4.68. The fourth-order valence-electron chi connectivity index (χ4n) is 1.53. The summed E-state index contributed by atoms with van der Waals surface area (Å²) in [7, 11) is -3.24. The number of hydrogen-bond acceptors (Lipinski definition) is 6. The van der Waals surface area contributed by atoms with Crippen LogP contribution in [-0.4, -0.2) is 45.1 Å². The molecule has 0 aliphatic heterocycles. The number of carbonyl (C=O) groups excluding carboxylic acids is 2. The van der Waals surface area contributed by atoms with Crippen molar-refractivity contribution in [2.75, 3.05) is 24.7 Å². The van der Waals surface area contributed by atoms with E-state index in [0.717, 1.165) is 0 Å². The van der Waals surface area contributed by atoms with E-state index in [9.17, 15) is 18.0 Å². The van der Waals surface area contributed by atoms with Gasteiger partial charge in [0.2, 0.25) is 0 Å². The Kier molecular flexibility index (Phi) is 8.38. The van der Waals surface area contributed by atoms with Crippen LogP contribution in [0.15, 0.2) is 0 Å². The average Bonchev–Trinajstić information content (AvgIpc) is 2.29. The van der Waals surface area contributed by atoms with Gasteiger partial charge in [-0.05, 0) is 26.7 Å². The van der Waals surface area contributed by atoms with E-state index in [4.69, 9.17) is 9.47 Å².